The van der Waals surface area contributed by atoms with E-state index in [1.54, 1.807) is 0 Å². The van der Waals surface area contributed by atoms with Crippen LogP contribution in [0.5, 0.6) is 0 Å². The highest BCUT2D eigenvalue weighted by Gasteiger charge is 2.40. The highest BCUT2D eigenvalue weighted by atomic mass is 16.1. The Kier molecular flexibility index (Phi) is 6.17. The van der Waals surface area contributed by atoms with Gasteiger partial charge in [-0.05, 0) is 73.9 Å². The number of nitrogens with zero attached hydrogens (tertiary/aromatic N) is 4. The van der Waals surface area contributed by atoms with Gasteiger partial charge in [-0.2, -0.15) is 5.10 Å². The Hall–Kier alpha value is -2.83. The molecule has 2 aliphatic heterocycles. The van der Waals surface area contributed by atoms with E-state index in [4.69, 9.17) is 5.10 Å². The number of nitrogens with one attached hydrogen (secondary N) is 1. The fourth-order valence-corrected chi connectivity index (χ4v) is 6.49. The minimum absolute atomic E-state index is 0.148. The zero-order valence-electron chi connectivity index (χ0n) is 23.3. The van der Waals surface area contributed by atoms with Crippen molar-refractivity contribution in [1.29, 1.82) is 0 Å². The summed E-state index contributed by atoms with van der Waals surface area (Å²) in [7, 11) is 0. The van der Waals surface area contributed by atoms with Crippen LogP contribution in [0.25, 0.3) is 22.4 Å². The maximum Gasteiger partial charge on any atom is 0.163 e. The molecule has 3 aromatic rings. The van der Waals surface area contributed by atoms with Crippen LogP contribution in [0, 0.1) is 5.41 Å². The van der Waals surface area contributed by atoms with Gasteiger partial charge in [0.1, 0.15) is 5.69 Å². The summed E-state index contributed by atoms with van der Waals surface area (Å²) in [6, 6.07) is 10.2. The van der Waals surface area contributed by atoms with E-state index in [0.29, 0.717) is 12.5 Å². The van der Waals surface area contributed by atoms with Crippen LogP contribution in [0.4, 0.5) is 0 Å². The molecule has 2 atom stereocenters. The predicted molar refractivity (Wildman–Crippen MR) is 148 cm³/mol. The minimum atomic E-state index is -0.672. The molecule has 1 aliphatic carbocycles. The number of ketones is 1. The Balaban J connectivity index is 1.38. The van der Waals surface area contributed by atoms with Gasteiger partial charge in [0.25, 0.3) is 0 Å². The van der Waals surface area contributed by atoms with Gasteiger partial charge in [0.2, 0.25) is 0 Å². The fraction of sp³-hybridized carbons (Fsp3) is 0.516. The van der Waals surface area contributed by atoms with Gasteiger partial charge in [0.15, 0.2) is 5.78 Å². The van der Waals surface area contributed by atoms with Gasteiger partial charge in [-0.15, -0.1) is 0 Å². The zero-order valence-corrected chi connectivity index (χ0v) is 22.3. The smallest absolute Gasteiger partial charge is 0.163 e. The average Bonchev–Trinajstić information content (AvgIpc) is 3.53. The summed E-state index contributed by atoms with van der Waals surface area (Å²) in [5, 5.41) is 8.67. The standard InChI is InChI=1S/C31H39N5O/c1-31(2,3)29-19-25(12-17-35(29)24-10-15-33-16-11-24)36-20-27(30(34-36)21-8-13-32-14-9-21)23-4-6-26-22(18-23)5-7-28(26)37/h4,6,8-9,13-14,18,20,24-25,29,33H,5,7,10-12,15-17,19H2,1-3H3/i29D. The van der Waals surface area contributed by atoms with E-state index < -0.39 is 6.02 Å². The number of carbonyl (C=O) groups excluding carboxylic acids is 1. The third kappa shape index (κ3) is 4.77. The normalized spacial score (nSPS) is 25.8. The maximum atomic E-state index is 12.2. The van der Waals surface area contributed by atoms with E-state index in [2.05, 4.69) is 59.0 Å². The van der Waals surface area contributed by atoms with Gasteiger partial charge in [-0.3, -0.25) is 19.4 Å². The number of likely N-dealkylation sites (tertiary alicyclic amines) is 1. The van der Waals surface area contributed by atoms with Crippen molar-refractivity contribution >= 4 is 5.78 Å². The molecule has 3 aliphatic rings. The second kappa shape index (κ2) is 9.80. The van der Waals surface area contributed by atoms with Crippen molar-refractivity contribution in [1.82, 2.24) is 25.0 Å². The van der Waals surface area contributed by atoms with Crippen LogP contribution in [0.15, 0.2) is 48.9 Å². The second-order valence-corrected chi connectivity index (χ2v) is 11.9. The van der Waals surface area contributed by atoms with E-state index in [-0.39, 0.29) is 17.2 Å². The summed E-state index contributed by atoms with van der Waals surface area (Å²) in [4.78, 5) is 19.0. The Labute approximate surface area is 221 Å². The summed E-state index contributed by atoms with van der Waals surface area (Å²) in [5.74, 6) is 0.242. The van der Waals surface area contributed by atoms with Crippen LogP contribution in [0.3, 0.4) is 0 Å². The lowest BCUT2D eigenvalue weighted by molar-refractivity contribution is -0.00226. The molecule has 0 radical (unpaired) electrons. The largest absolute Gasteiger partial charge is 0.317 e. The molecule has 0 bridgehead atoms. The number of piperidine rings is 2. The van der Waals surface area contributed by atoms with E-state index >= 15 is 0 Å². The second-order valence-electron chi connectivity index (χ2n) is 11.9. The molecule has 0 saturated carbocycles. The third-order valence-corrected chi connectivity index (χ3v) is 8.49. The lowest BCUT2D eigenvalue weighted by atomic mass is 9.77. The molecule has 1 N–H and O–H groups in total. The van der Waals surface area contributed by atoms with Crippen LogP contribution < -0.4 is 5.32 Å². The first-order chi connectivity index (χ1) is 18.2. The number of pyridine rings is 1. The van der Waals surface area contributed by atoms with E-state index in [1.165, 1.54) is 0 Å². The molecule has 4 heterocycles. The number of Topliss-reactive ketones (excluding diaryl/α,β-unsaturated/α-hetero) is 1. The Bertz CT molecular complexity index is 1320. The molecule has 194 valence electrons. The Morgan fingerprint density at radius 1 is 0.973 bits per heavy atom. The minimum Gasteiger partial charge on any atom is -0.317 e. The average molecular weight is 499 g/mol. The maximum absolute atomic E-state index is 12.2. The summed E-state index contributed by atoms with van der Waals surface area (Å²) < 4.78 is 12.0. The van der Waals surface area contributed by atoms with E-state index in [0.717, 1.165) is 85.2 Å². The number of hydrogen-bond donors (Lipinski definition) is 1. The van der Waals surface area contributed by atoms with Crippen molar-refractivity contribution in [2.75, 3.05) is 19.6 Å². The first kappa shape index (κ1) is 23.3. The number of rotatable bonds is 4. The number of hydrogen-bond acceptors (Lipinski definition) is 5. The molecule has 6 heteroatoms. The Morgan fingerprint density at radius 2 is 1.76 bits per heavy atom. The van der Waals surface area contributed by atoms with Gasteiger partial charge in [-0.25, -0.2) is 0 Å². The van der Waals surface area contributed by atoms with Gasteiger partial charge in [-0.1, -0.05) is 39.0 Å². The van der Waals surface area contributed by atoms with E-state index in [9.17, 15) is 6.17 Å². The molecule has 0 spiro atoms. The summed E-state index contributed by atoms with van der Waals surface area (Å²) in [5.41, 5.74) is 5.94. The number of aromatic nitrogens is 3. The molecule has 37 heavy (non-hydrogen) atoms. The zero-order chi connectivity index (χ0) is 26.5. The van der Waals surface area contributed by atoms with Gasteiger partial charge in [0.05, 0.1) is 6.04 Å². The topological polar surface area (TPSA) is 63.1 Å². The summed E-state index contributed by atoms with van der Waals surface area (Å²) in [6.07, 6.45) is 11.2. The highest BCUT2D eigenvalue weighted by Crippen LogP contribution is 2.41. The lowest BCUT2D eigenvalue weighted by Gasteiger charge is -2.50. The molecule has 2 saturated heterocycles. The summed E-state index contributed by atoms with van der Waals surface area (Å²) in [6.45, 7) is 9.65. The van der Waals surface area contributed by atoms with Crippen LogP contribution in [0.1, 0.15) is 76.2 Å². The van der Waals surface area contributed by atoms with Crippen molar-refractivity contribution in [3.63, 3.8) is 0 Å². The molecular weight excluding hydrogens is 458 g/mol. The molecule has 2 unspecified atom stereocenters. The number of carbonyl (C=O) groups is 1. The molecule has 6 rings (SSSR count). The first-order valence-electron chi connectivity index (χ1n) is 14.4. The van der Waals surface area contributed by atoms with Crippen LogP contribution in [-0.2, 0) is 6.42 Å². The molecule has 0 amide bonds. The van der Waals surface area contributed by atoms with Crippen LogP contribution >= 0.6 is 0 Å². The monoisotopic (exact) mass is 498 g/mol. The van der Waals surface area contributed by atoms with Crippen molar-refractivity contribution in [3.8, 4) is 22.4 Å². The quantitative estimate of drug-likeness (QED) is 0.511. The Morgan fingerprint density at radius 3 is 2.51 bits per heavy atom. The summed E-state index contributed by atoms with van der Waals surface area (Å²) >= 11 is 0. The van der Waals surface area contributed by atoms with Crippen molar-refractivity contribution in [2.45, 2.75) is 77.4 Å². The van der Waals surface area contributed by atoms with Crippen molar-refractivity contribution < 1.29 is 6.17 Å². The molecule has 2 aromatic heterocycles. The number of aryl methyl sites for hydroxylation is 1. The van der Waals surface area contributed by atoms with Crippen molar-refractivity contribution in [3.05, 3.63) is 60.0 Å². The van der Waals surface area contributed by atoms with Crippen molar-refractivity contribution in [2.24, 2.45) is 5.41 Å². The molecular formula is C31H39N5O. The molecule has 1 aromatic carbocycles. The SMILES string of the molecule is [2H]C1(C(C)(C)C)CC(n2cc(-c3ccc4c(c3)CCC4=O)c(-c3ccncc3)n2)CCN1C1CCNCC1. The van der Waals surface area contributed by atoms with Gasteiger partial charge in [0, 0.05) is 61.7 Å². The third-order valence-electron chi connectivity index (χ3n) is 8.49. The highest BCUT2D eigenvalue weighted by molar-refractivity contribution is 6.01. The number of benzene rings is 1. The lowest BCUT2D eigenvalue weighted by Crippen LogP contribution is -2.56. The molecule has 2 fully saturated rings. The predicted octanol–water partition coefficient (Wildman–Crippen LogP) is 5.54. The van der Waals surface area contributed by atoms with Crippen LogP contribution in [-0.4, -0.2) is 57.1 Å². The van der Waals surface area contributed by atoms with Gasteiger partial charge < -0.3 is 5.32 Å². The van der Waals surface area contributed by atoms with Crippen LogP contribution in [0.2, 0.25) is 0 Å². The fourth-order valence-electron chi connectivity index (χ4n) is 6.49. The molecule has 6 nitrogen and oxygen atoms in total. The van der Waals surface area contributed by atoms with E-state index in [1.807, 2.05) is 30.6 Å². The number of fused-ring (bicyclic) bond motifs is 1. The van der Waals surface area contributed by atoms with Gasteiger partial charge >= 0.3 is 0 Å². The first-order valence-corrected chi connectivity index (χ1v) is 13.9.